The summed E-state index contributed by atoms with van der Waals surface area (Å²) in [6.07, 6.45) is 0. The van der Waals surface area contributed by atoms with E-state index in [4.69, 9.17) is 0 Å². The fourth-order valence-electron chi connectivity index (χ4n) is 1.12. The van der Waals surface area contributed by atoms with Crippen molar-refractivity contribution >= 4 is 23.2 Å². The molecule has 7 heteroatoms. The third-order valence-electron chi connectivity index (χ3n) is 1.80. The number of benzene rings is 1. The van der Waals surface area contributed by atoms with Gasteiger partial charge >= 0.3 is 11.8 Å². The van der Waals surface area contributed by atoms with Crippen LogP contribution in [0.1, 0.15) is 0 Å². The van der Waals surface area contributed by atoms with Crippen molar-refractivity contribution < 1.29 is 22.8 Å². The van der Waals surface area contributed by atoms with Gasteiger partial charge in [-0.25, -0.2) is 18.5 Å². The molecule has 0 saturated heterocycles. The largest absolute Gasteiger partial charge is 0.335 e. The maximum absolute atomic E-state index is 13.0. The maximum atomic E-state index is 13.0. The van der Waals surface area contributed by atoms with Crippen molar-refractivity contribution in [2.75, 3.05) is 5.32 Å². The second-order valence-electron chi connectivity index (χ2n) is 2.75. The number of hydrogen-bond acceptors (Lipinski definition) is 2. The van der Waals surface area contributed by atoms with Crippen LogP contribution < -0.4 is 10.6 Å². The number of carbonyl (C=O) groups is 2. The van der Waals surface area contributed by atoms with Crippen LogP contribution in [0.25, 0.3) is 0 Å². The fourth-order valence-corrected chi connectivity index (χ4v) is 1.12. The molecule has 0 fully saturated rings. The highest BCUT2D eigenvalue weighted by Crippen LogP contribution is 2.31. The highest BCUT2D eigenvalue weighted by molar-refractivity contribution is 6.42. The maximum Gasteiger partial charge on any atom is 0.335 e. The van der Waals surface area contributed by atoms with E-state index >= 15 is 0 Å². The predicted octanol–water partition coefficient (Wildman–Crippen LogP) is 0.819. The Balaban J connectivity index is 2.63. The molecule has 1 aliphatic rings. The molecule has 1 radical (unpaired) electrons. The zero-order valence-electron chi connectivity index (χ0n) is 6.97. The first kappa shape index (κ1) is 9.50. The van der Waals surface area contributed by atoms with Crippen molar-refractivity contribution in [3.8, 4) is 0 Å². The molecule has 1 aliphatic heterocycles. The minimum Gasteiger partial charge on any atom is -0.313 e. The summed E-state index contributed by atoms with van der Waals surface area (Å²) in [7, 11) is 0. The van der Waals surface area contributed by atoms with Crippen molar-refractivity contribution in [2.45, 2.75) is 0 Å². The molecule has 0 aromatic heterocycles. The van der Waals surface area contributed by atoms with Crippen LogP contribution in [0.4, 0.5) is 24.5 Å². The van der Waals surface area contributed by atoms with E-state index in [1.807, 2.05) is 0 Å². The highest BCUT2D eigenvalue weighted by atomic mass is 19.2. The normalized spacial score (nSPS) is 14.3. The van der Waals surface area contributed by atoms with Crippen LogP contribution in [0.3, 0.4) is 0 Å². The standard InChI is InChI=1S/C8H2F3N2O2/c9-2-1-3-6(5(11)4(2)10)13-8(15)7(14)12-3/h1H,(H,13,15). The monoisotopic (exact) mass is 215 g/mol. The summed E-state index contributed by atoms with van der Waals surface area (Å²) in [5, 5.41) is 4.87. The molecule has 0 aliphatic carbocycles. The van der Waals surface area contributed by atoms with E-state index in [-0.39, 0.29) is 0 Å². The summed E-state index contributed by atoms with van der Waals surface area (Å²) >= 11 is 0. The van der Waals surface area contributed by atoms with Crippen molar-refractivity contribution in [1.82, 2.24) is 5.32 Å². The molecule has 77 valence electrons. The van der Waals surface area contributed by atoms with Crippen LogP contribution in [0, 0.1) is 17.5 Å². The molecule has 0 spiro atoms. The molecular formula is C8H2F3N2O2. The summed E-state index contributed by atoms with van der Waals surface area (Å²) < 4.78 is 38.5. The van der Waals surface area contributed by atoms with E-state index in [2.05, 4.69) is 5.32 Å². The lowest BCUT2D eigenvalue weighted by atomic mass is 10.2. The number of fused-ring (bicyclic) bond motifs is 1. The number of hydrogen-bond donors (Lipinski definition) is 1. The Kier molecular flexibility index (Phi) is 1.88. The molecule has 4 nitrogen and oxygen atoms in total. The van der Waals surface area contributed by atoms with Crippen LogP contribution in [-0.4, -0.2) is 11.8 Å². The number of amides is 2. The molecule has 2 amide bonds. The number of rotatable bonds is 0. The van der Waals surface area contributed by atoms with Crippen molar-refractivity contribution in [3.63, 3.8) is 0 Å². The zero-order valence-corrected chi connectivity index (χ0v) is 6.97. The smallest absolute Gasteiger partial charge is 0.313 e. The van der Waals surface area contributed by atoms with Crippen molar-refractivity contribution in [1.29, 1.82) is 0 Å². The quantitative estimate of drug-likeness (QED) is 0.514. The first-order chi connectivity index (χ1) is 7.00. The number of halogens is 3. The van der Waals surface area contributed by atoms with Crippen molar-refractivity contribution in [3.05, 3.63) is 23.5 Å². The molecule has 0 unspecified atom stereocenters. The molecule has 1 heterocycles. The second kappa shape index (κ2) is 2.97. The minimum atomic E-state index is -1.72. The number of nitrogens with one attached hydrogen (secondary N) is 1. The van der Waals surface area contributed by atoms with Gasteiger partial charge in [-0.3, -0.25) is 9.59 Å². The Hall–Kier alpha value is -2.05. The van der Waals surface area contributed by atoms with E-state index in [0.29, 0.717) is 6.07 Å². The van der Waals surface area contributed by atoms with Gasteiger partial charge in [-0.1, -0.05) is 0 Å². The third kappa shape index (κ3) is 1.32. The van der Waals surface area contributed by atoms with Gasteiger partial charge in [0.25, 0.3) is 0 Å². The molecule has 1 aromatic carbocycles. The predicted molar refractivity (Wildman–Crippen MR) is 41.7 cm³/mol. The molecule has 2 rings (SSSR count). The topological polar surface area (TPSA) is 60.3 Å². The summed E-state index contributed by atoms with van der Waals surface area (Å²) in [4.78, 5) is 21.5. The lowest BCUT2D eigenvalue weighted by Crippen LogP contribution is -2.34. The molecule has 1 N–H and O–H groups in total. The lowest BCUT2D eigenvalue weighted by Gasteiger charge is -2.15. The fraction of sp³-hybridized carbons (Fsp3) is 0. The van der Waals surface area contributed by atoms with Crippen LogP contribution in [0.5, 0.6) is 0 Å². The Morgan fingerprint density at radius 2 is 1.80 bits per heavy atom. The van der Waals surface area contributed by atoms with Crippen molar-refractivity contribution in [2.24, 2.45) is 0 Å². The van der Waals surface area contributed by atoms with Crippen LogP contribution in [-0.2, 0) is 9.59 Å². The van der Waals surface area contributed by atoms with Gasteiger partial charge in [-0.15, -0.1) is 0 Å². The van der Waals surface area contributed by atoms with Gasteiger partial charge < -0.3 is 5.32 Å². The van der Waals surface area contributed by atoms with Gasteiger partial charge in [0.05, 0.1) is 5.69 Å². The van der Waals surface area contributed by atoms with Gasteiger partial charge in [-0.05, 0) is 0 Å². The molecular weight excluding hydrogens is 213 g/mol. The van der Waals surface area contributed by atoms with E-state index in [9.17, 15) is 22.8 Å². The first-order valence-corrected chi connectivity index (χ1v) is 3.75. The Labute approximate surface area is 81.1 Å². The number of anilines is 1. The summed E-state index contributed by atoms with van der Waals surface area (Å²) in [5.41, 5.74) is -1.06. The van der Waals surface area contributed by atoms with E-state index < -0.39 is 40.6 Å². The Morgan fingerprint density at radius 3 is 2.47 bits per heavy atom. The lowest BCUT2D eigenvalue weighted by molar-refractivity contribution is -0.135. The molecule has 0 bridgehead atoms. The molecule has 0 saturated carbocycles. The SMILES string of the molecule is O=C1[N]c2cc(F)c(F)c(F)c2NC1=O. The second-order valence-corrected chi connectivity index (χ2v) is 2.75. The van der Waals surface area contributed by atoms with E-state index in [1.165, 1.54) is 0 Å². The van der Waals surface area contributed by atoms with Gasteiger partial charge in [0, 0.05) is 6.07 Å². The first-order valence-electron chi connectivity index (χ1n) is 3.75. The summed E-state index contributed by atoms with van der Waals surface area (Å²) in [6, 6.07) is 0.533. The van der Waals surface area contributed by atoms with Gasteiger partial charge in [0.2, 0.25) is 0 Å². The summed E-state index contributed by atoms with van der Waals surface area (Å²) in [6.45, 7) is 0. The molecule has 0 atom stereocenters. The third-order valence-corrected chi connectivity index (χ3v) is 1.80. The van der Waals surface area contributed by atoms with Gasteiger partial charge in [-0.2, -0.15) is 0 Å². The van der Waals surface area contributed by atoms with Gasteiger partial charge in [0.1, 0.15) is 5.69 Å². The van der Waals surface area contributed by atoms with Gasteiger partial charge in [0.15, 0.2) is 17.5 Å². The number of carbonyl (C=O) groups excluding carboxylic acids is 2. The Morgan fingerprint density at radius 1 is 1.13 bits per heavy atom. The average Bonchev–Trinajstić information content (AvgIpc) is 2.19. The number of nitrogens with zero attached hydrogens (tertiary/aromatic N) is 1. The minimum absolute atomic E-state index is 0.434. The molecule has 1 aromatic rings. The van der Waals surface area contributed by atoms with Crippen LogP contribution in [0.15, 0.2) is 6.07 Å². The zero-order chi connectivity index (χ0) is 11.2. The van der Waals surface area contributed by atoms with Crippen LogP contribution >= 0.6 is 0 Å². The van der Waals surface area contributed by atoms with Crippen LogP contribution in [0.2, 0.25) is 0 Å². The summed E-state index contributed by atoms with van der Waals surface area (Å²) in [5.74, 6) is -7.15. The van der Waals surface area contributed by atoms with E-state index in [1.54, 1.807) is 5.32 Å². The molecule has 15 heavy (non-hydrogen) atoms. The Bertz CT molecular complexity index is 487. The highest BCUT2D eigenvalue weighted by Gasteiger charge is 2.30. The average molecular weight is 215 g/mol. The van der Waals surface area contributed by atoms with E-state index in [0.717, 1.165) is 0 Å².